The minimum Gasteiger partial charge on any atom is -0.465 e. The first-order valence-corrected chi connectivity index (χ1v) is 10.3. The van der Waals surface area contributed by atoms with Crippen molar-refractivity contribution in [2.24, 2.45) is 5.41 Å². The number of benzene rings is 2. The van der Waals surface area contributed by atoms with Crippen LogP contribution in [0.15, 0.2) is 59.1 Å². The quantitative estimate of drug-likeness (QED) is 0.483. The van der Waals surface area contributed by atoms with Gasteiger partial charge in [-0.1, -0.05) is 46.3 Å². The molecule has 6 heteroatoms. The molecule has 0 spiro atoms. The fourth-order valence-electron chi connectivity index (χ4n) is 3.87. The van der Waals surface area contributed by atoms with E-state index in [0.717, 1.165) is 15.7 Å². The van der Waals surface area contributed by atoms with Gasteiger partial charge in [-0.2, -0.15) is 0 Å². The molecule has 1 aliphatic rings. The van der Waals surface area contributed by atoms with E-state index >= 15 is 0 Å². The molecular formula is C22H24BrNO4. The summed E-state index contributed by atoms with van der Waals surface area (Å²) in [7, 11) is 0. The molecule has 1 unspecified atom stereocenters. The van der Waals surface area contributed by atoms with E-state index in [1.807, 2.05) is 54.6 Å². The van der Waals surface area contributed by atoms with Gasteiger partial charge in [-0.15, -0.1) is 0 Å². The van der Waals surface area contributed by atoms with E-state index in [-0.39, 0.29) is 13.2 Å². The molecule has 0 bridgehead atoms. The van der Waals surface area contributed by atoms with Crippen LogP contribution in [0.2, 0.25) is 0 Å². The molecule has 1 atom stereocenters. The third-order valence-electron chi connectivity index (χ3n) is 5.08. The first-order valence-electron chi connectivity index (χ1n) is 9.46. The predicted molar refractivity (Wildman–Crippen MR) is 111 cm³/mol. The molecule has 0 aromatic heterocycles. The Labute approximate surface area is 173 Å². The number of hydrogen-bond donors (Lipinski definition) is 0. The fraction of sp³-hybridized carbons (Fsp3) is 0.364. The molecule has 2 aromatic carbocycles. The molecule has 0 aliphatic carbocycles. The lowest BCUT2D eigenvalue weighted by Crippen LogP contribution is -2.46. The summed E-state index contributed by atoms with van der Waals surface area (Å²) in [4.78, 5) is 28.4. The summed E-state index contributed by atoms with van der Waals surface area (Å²) in [5, 5.41) is 0. The number of hydrogen-bond acceptors (Lipinski definition) is 5. The molecule has 1 heterocycles. The number of esters is 2. The summed E-state index contributed by atoms with van der Waals surface area (Å²) in [6, 6.07) is 17.0. The zero-order valence-corrected chi connectivity index (χ0v) is 17.6. The van der Waals surface area contributed by atoms with Crippen molar-refractivity contribution in [1.82, 2.24) is 0 Å². The Morgan fingerprint density at radius 1 is 1.00 bits per heavy atom. The van der Waals surface area contributed by atoms with Crippen LogP contribution < -0.4 is 4.90 Å². The van der Waals surface area contributed by atoms with Crippen LogP contribution in [0.25, 0.3) is 0 Å². The lowest BCUT2D eigenvalue weighted by molar-refractivity contribution is -0.172. The Kier molecular flexibility index (Phi) is 6.39. The Morgan fingerprint density at radius 3 is 2.11 bits per heavy atom. The van der Waals surface area contributed by atoms with Crippen molar-refractivity contribution in [3.8, 4) is 0 Å². The number of carbonyl (C=O) groups is 2. The summed E-state index contributed by atoms with van der Waals surface area (Å²) >= 11 is 3.45. The van der Waals surface area contributed by atoms with E-state index < -0.39 is 23.4 Å². The summed E-state index contributed by atoms with van der Waals surface area (Å²) in [6.07, 6.45) is 0.334. The van der Waals surface area contributed by atoms with Crippen LogP contribution in [-0.2, 0) is 19.1 Å². The molecule has 0 radical (unpaired) electrons. The lowest BCUT2D eigenvalue weighted by Gasteiger charge is -2.35. The van der Waals surface area contributed by atoms with Gasteiger partial charge < -0.3 is 14.4 Å². The van der Waals surface area contributed by atoms with Crippen molar-refractivity contribution < 1.29 is 19.1 Å². The van der Waals surface area contributed by atoms with E-state index in [4.69, 9.17) is 9.47 Å². The Morgan fingerprint density at radius 2 is 1.57 bits per heavy atom. The van der Waals surface area contributed by atoms with Crippen LogP contribution in [0.4, 0.5) is 5.69 Å². The van der Waals surface area contributed by atoms with Gasteiger partial charge in [-0.05, 0) is 50.1 Å². The number of para-hydroxylation sites is 1. The van der Waals surface area contributed by atoms with E-state index in [1.54, 1.807) is 13.8 Å². The Bertz CT molecular complexity index is 804. The van der Waals surface area contributed by atoms with Gasteiger partial charge in [0.15, 0.2) is 5.41 Å². The van der Waals surface area contributed by atoms with E-state index in [9.17, 15) is 9.59 Å². The maximum Gasteiger partial charge on any atom is 0.326 e. The second kappa shape index (κ2) is 8.78. The molecule has 1 saturated heterocycles. The third kappa shape index (κ3) is 3.65. The van der Waals surface area contributed by atoms with Gasteiger partial charge in [0.25, 0.3) is 0 Å². The van der Waals surface area contributed by atoms with Gasteiger partial charge in [0.2, 0.25) is 0 Å². The number of ether oxygens (including phenoxy) is 2. The highest BCUT2D eigenvalue weighted by Gasteiger charge is 2.61. The molecular weight excluding hydrogens is 422 g/mol. The molecule has 28 heavy (non-hydrogen) atoms. The van der Waals surface area contributed by atoms with Gasteiger partial charge in [0.1, 0.15) is 0 Å². The van der Waals surface area contributed by atoms with Crippen LogP contribution in [0.5, 0.6) is 0 Å². The Balaban J connectivity index is 2.16. The molecule has 5 nitrogen and oxygen atoms in total. The van der Waals surface area contributed by atoms with Crippen LogP contribution in [0.1, 0.15) is 31.9 Å². The summed E-state index contributed by atoms with van der Waals surface area (Å²) in [6.45, 7) is 4.45. The van der Waals surface area contributed by atoms with Gasteiger partial charge in [0.05, 0.1) is 19.3 Å². The molecule has 3 rings (SSSR count). The van der Waals surface area contributed by atoms with Crippen molar-refractivity contribution in [3.63, 3.8) is 0 Å². The summed E-state index contributed by atoms with van der Waals surface area (Å²) in [5.74, 6) is -1.06. The minimum atomic E-state index is -1.41. The van der Waals surface area contributed by atoms with E-state index in [0.29, 0.717) is 13.0 Å². The summed E-state index contributed by atoms with van der Waals surface area (Å²) in [5.41, 5.74) is 0.409. The predicted octanol–water partition coefficient (Wildman–Crippen LogP) is 4.51. The van der Waals surface area contributed by atoms with Crippen LogP contribution >= 0.6 is 15.9 Å². The normalized spacial score (nSPS) is 18.0. The number of anilines is 1. The maximum absolute atomic E-state index is 13.2. The SMILES string of the molecule is CCOC(=O)C1(C(=O)OCC)CCN(c2ccccc2)C1c1ccc(Br)cc1. The average molecular weight is 446 g/mol. The van der Waals surface area contributed by atoms with Crippen molar-refractivity contribution in [1.29, 1.82) is 0 Å². The van der Waals surface area contributed by atoms with Gasteiger partial charge in [-0.25, -0.2) is 0 Å². The zero-order valence-electron chi connectivity index (χ0n) is 16.1. The smallest absolute Gasteiger partial charge is 0.326 e. The molecule has 0 saturated carbocycles. The lowest BCUT2D eigenvalue weighted by atomic mass is 9.76. The minimum absolute atomic E-state index is 0.207. The van der Waals surface area contributed by atoms with E-state index in [2.05, 4.69) is 20.8 Å². The number of halogens is 1. The molecule has 0 N–H and O–H groups in total. The third-order valence-corrected chi connectivity index (χ3v) is 5.61. The highest BCUT2D eigenvalue weighted by Crippen LogP contribution is 2.51. The van der Waals surface area contributed by atoms with Crippen LogP contribution in [-0.4, -0.2) is 31.7 Å². The number of nitrogens with zero attached hydrogens (tertiary/aromatic N) is 1. The molecule has 148 valence electrons. The van der Waals surface area contributed by atoms with Crippen molar-refractivity contribution in [2.45, 2.75) is 26.3 Å². The van der Waals surface area contributed by atoms with Crippen LogP contribution in [0.3, 0.4) is 0 Å². The van der Waals surface area contributed by atoms with E-state index in [1.165, 1.54) is 0 Å². The van der Waals surface area contributed by atoms with Gasteiger partial charge in [0, 0.05) is 16.7 Å². The summed E-state index contributed by atoms with van der Waals surface area (Å²) < 4.78 is 11.7. The van der Waals surface area contributed by atoms with Crippen molar-refractivity contribution >= 4 is 33.6 Å². The van der Waals surface area contributed by atoms with Crippen molar-refractivity contribution in [3.05, 3.63) is 64.6 Å². The number of carbonyl (C=O) groups excluding carboxylic acids is 2. The van der Waals surface area contributed by atoms with Crippen molar-refractivity contribution in [2.75, 3.05) is 24.7 Å². The average Bonchev–Trinajstić information content (AvgIpc) is 3.11. The first kappa shape index (κ1) is 20.4. The Hall–Kier alpha value is -2.34. The van der Waals surface area contributed by atoms with Crippen LogP contribution in [0, 0.1) is 5.41 Å². The molecule has 1 fully saturated rings. The second-order valence-electron chi connectivity index (χ2n) is 6.65. The standard InChI is InChI=1S/C22H24BrNO4/c1-3-27-20(25)22(21(26)28-4-2)14-15-24(18-8-6-5-7-9-18)19(22)16-10-12-17(23)13-11-16/h5-13,19H,3-4,14-15H2,1-2H3. The zero-order chi connectivity index (χ0) is 20.1. The molecule has 0 amide bonds. The number of rotatable bonds is 6. The van der Waals surface area contributed by atoms with Gasteiger partial charge >= 0.3 is 11.9 Å². The monoisotopic (exact) mass is 445 g/mol. The molecule has 1 aliphatic heterocycles. The molecule has 2 aromatic rings. The van der Waals surface area contributed by atoms with Gasteiger partial charge in [-0.3, -0.25) is 9.59 Å². The largest absolute Gasteiger partial charge is 0.465 e. The second-order valence-corrected chi connectivity index (χ2v) is 7.56. The maximum atomic E-state index is 13.2. The highest BCUT2D eigenvalue weighted by molar-refractivity contribution is 9.10. The topological polar surface area (TPSA) is 55.8 Å². The fourth-order valence-corrected chi connectivity index (χ4v) is 4.13. The highest BCUT2D eigenvalue weighted by atomic mass is 79.9. The first-order chi connectivity index (χ1) is 13.5.